The molecule has 0 saturated carbocycles. The van der Waals surface area contributed by atoms with Gasteiger partial charge in [-0.15, -0.1) is 0 Å². The Hall–Kier alpha value is -3.37. The van der Waals surface area contributed by atoms with Gasteiger partial charge in [0.05, 0.1) is 31.7 Å². The first-order chi connectivity index (χ1) is 18.8. The number of methoxy groups -OCH3 is 1. The molecule has 0 bridgehead atoms. The van der Waals surface area contributed by atoms with E-state index >= 15 is 0 Å². The summed E-state index contributed by atoms with van der Waals surface area (Å²) in [7, 11) is 1.27. The first kappa shape index (κ1) is 32.8. The van der Waals surface area contributed by atoms with E-state index < -0.39 is 23.5 Å². The number of aliphatic hydroxyl groups excluding tert-OH is 1. The third kappa shape index (κ3) is 11.4. The van der Waals surface area contributed by atoms with E-state index in [9.17, 15) is 24.3 Å². The lowest BCUT2D eigenvalue weighted by molar-refractivity contribution is -0.141. The lowest BCUT2D eigenvalue weighted by Gasteiger charge is -2.35. The van der Waals surface area contributed by atoms with Crippen LogP contribution in [0.1, 0.15) is 72.6 Å². The fourth-order valence-electron chi connectivity index (χ4n) is 4.78. The monoisotopic (exact) mass is 562 g/mol. The Morgan fingerprint density at radius 3 is 2.40 bits per heavy atom. The van der Waals surface area contributed by atoms with Crippen LogP contribution >= 0.6 is 0 Å². The number of aliphatic imine (C=N–C) groups is 1. The molecule has 224 valence electrons. The molecule has 0 aromatic heterocycles. The average molecular weight is 563 g/mol. The van der Waals surface area contributed by atoms with Gasteiger partial charge < -0.3 is 29.7 Å². The number of esters is 1. The molecule has 0 radical (unpaired) electrons. The number of piperidine rings is 2. The number of carbonyl (C=O) groups is 4. The maximum Gasteiger partial charge on any atom is 0.410 e. The quantitative estimate of drug-likeness (QED) is 0.235. The molecule has 2 rings (SSSR count). The van der Waals surface area contributed by atoms with Crippen molar-refractivity contribution >= 4 is 30.1 Å². The predicted molar refractivity (Wildman–Crippen MR) is 152 cm³/mol. The normalized spacial score (nSPS) is 19.7. The third-order valence-electron chi connectivity index (χ3n) is 7.04. The van der Waals surface area contributed by atoms with Gasteiger partial charge in [0.2, 0.25) is 11.8 Å². The van der Waals surface area contributed by atoms with Crippen molar-refractivity contribution in [2.75, 3.05) is 33.3 Å². The number of likely N-dealkylation sites (tertiary alicyclic amines) is 2. The fraction of sp³-hybridized carbons (Fsp3) is 0.690. The molecule has 2 fully saturated rings. The van der Waals surface area contributed by atoms with Crippen LogP contribution in [0.5, 0.6) is 0 Å². The van der Waals surface area contributed by atoms with Crippen LogP contribution in [0.3, 0.4) is 0 Å². The van der Waals surface area contributed by atoms with Crippen molar-refractivity contribution in [3.8, 4) is 0 Å². The smallest absolute Gasteiger partial charge is 0.410 e. The highest BCUT2D eigenvalue weighted by Gasteiger charge is 2.31. The zero-order valence-electron chi connectivity index (χ0n) is 24.6. The molecule has 0 aliphatic carbocycles. The molecule has 11 nitrogen and oxygen atoms in total. The number of ether oxygens (including phenoxy) is 2. The highest BCUT2D eigenvalue weighted by molar-refractivity contribution is 5.87. The van der Waals surface area contributed by atoms with Crippen molar-refractivity contribution in [2.45, 2.75) is 84.3 Å². The van der Waals surface area contributed by atoms with Crippen LogP contribution in [0.15, 0.2) is 29.1 Å². The van der Waals surface area contributed by atoms with Crippen molar-refractivity contribution in [2.24, 2.45) is 16.8 Å². The summed E-state index contributed by atoms with van der Waals surface area (Å²) in [5, 5.41) is 12.1. The lowest BCUT2D eigenvalue weighted by atomic mass is 9.91. The largest absolute Gasteiger partial charge is 0.511 e. The van der Waals surface area contributed by atoms with E-state index in [1.807, 2.05) is 20.8 Å². The van der Waals surface area contributed by atoms with Gasteiger partial charge in [0.1, 0.15) is 11.4 Å². The first-order valence-corrected chi connectivity index (χ1v) is 14.0. The van der Waals surface area contributed by atoms with E-state index in [4.69, 9.17) is 9.47 Å². The van der Waals surface area contributed by atoms with Crippen molar-refractivity contribution in [1.82, 2.24) is 15.1 Å². The minimum atomic E-state index is -0.728. The summed E-state index contributed by atoms with van der Waals surface area (Å²) in [5.41, 5.74) is -0.136. The van der Waals surface area contributed by atoms with Crippen LogP contribution in [0.4, 0.5) is 4.79 Å². The second-order valence-electron chi connectivity index (χ2n) is 11.6. The maximum atomic E-state index is 13.1. The van der Waals surface area contributed by atoms with Crippen LogP contribution in [-0.2, 0) is 23.9 Å². The lowest BCUT2D eigenvalue weighted by Crippen LogP contribution is -2.48. The summed E-state index contributed by atoms with van der Waals surface area (Å²) >= 11 is 0. The zero-order chi connectivity index (χ0) is 29.9. The number of aliphatic hydroxyl groups is 1. The molecule has 2 aliphatic heterocycles. The van der Waals surface area contributed by atoms with Gasteiger partial charge >= 0.3 is 12.1 Å². The Bertz CT molecular complexity index is 973. The number of rotatable bonds is 10. The molecule has 3 amide bonds. The molecule has 2 N–H and O–H groups in total. The number of amides is 3. The Morgan fingerprint density at radius 1 is 1.12 bits per heavy atom. The topological polar surface area (TPSA) is 138 Å². The van der Waals surface area contributed by atoms with Crippen LogP contribution in [0.25, 0.3) is 0 Å². The van der Waals surface area contributed by atoms with Gasteiger partial charge in [-0.05, 0) is 71.3 Å². The van der Waals surface area contributed by atoms with Gasteiger partial charge in [-0.3, -0.25) is 19.4 Å². The Labute approximate surface area is 237 Å². The van der Waals surface area contributed by atoms with Crippen molar-refractivity contribution in [3.63, 3.8) is 0 Å². The summed E-state index contributed by atoms with van der Waals surface area (Å²) in [6, 6.07) is -0.728. The molecule has 0 aromatic carbocycles. The van der Waals surface area contributed by atoms with E-state index in [0.717, 1.165) is 19.3 Å². The van der Waals surface area contributed by atoms with Gasteiger partial charge in [-0.2, -0.15) is 0 Å². The summed E-state index contributed by atoms with van der Waals surface area (Å²) in [6.07, 6.45) is 6.37. The van der Waals surface area contributed by atoms with Crippen molar-refractivity contribution in [1.29, 1.82) is 0 Å². The van der Waals surface area contributed by atoms with Gasteiger partial charge in [-0.1, -0.05) is 6.58 Å². The molecular formula is C29H46N4O7. The summed E-state index contributed by atoms with van der Waals surface area (Å²) in [4.78, 5) is 57.8. The molecule has 0 aromatic rings. The Kier molecular flexibility index (Phi) is 12.7. The Balaban J connectivity index is 1.86. The first-order valence-electron chi connectivity index (χ1n) is 14.0. The predicted octanol–water partition coefficient (Wildman–Crippen LogP) is 3.75. The number of hydrogen-bond acceptors (Lipinski definition) is 8. The number of nitrogens with one attached hydrogen (secondary N) is 1. The molecule has 0 unspecified atom stereocenters. The van der Waals surface area contributed by atoms with Crippen LogP contribution in [0.2, 0.25) is 0 Å². The van der Waals surface area contributed by atoms with Gasteiger partial charge in [0, 0.05) is 38.8 Å². The number of allylic oxidation sites excluding steroid dienone is 1. The van der Waals surface area contributed by atoms with Gasteiger partial charge in [-0.25, -0.2) is 4.79 Å². The number of nitrogens with zero attached hydrogens (tertiary/aromatic N) is 3. The van der Waals surface area contributed by atoms with Crippen LogP contribution in [-0.4, -0.2) is 89.9 Å². The maximum absolute atomic E-state index is 13.1. The molecule has 0 spiro atoms. The van der Waals surface area contributed by atoms with Gasteiger partial charge in [0.15, 0.2) is 0 Å². The highest BCUT2D eigenvalue weighted by Crippen LogP contribution is 2.25. The third-order valence-corrected chi connectivity index (χ3v) is 7.04. The minimum absolute atomic E-state index is 0.0100. The van der Waals surface area contributed by atoms with Crippen LogP contribution < -0.4 is 5.32 Å². The second kappa shape index (κ2) is 15.4. The molecule has 2 heterocycles. The number of hydrogen-bond donors (Lipinski definition) is 2. The highest BCUT2D eigenvalue weighted by atomic mass is 16.6. The minimum Gasteiger partial charge on any atom is -0.511 e. The average Bonchev–Trinajstić information content (AvgIpc) is 2.90. The molecular weight excluding hydrogens is 516 g/mol. The zero-order valence-corrected chi connectivity index (χ0v) is 24.6. The van der Waals surface area contributed by atoms with E-state index in [-0.39, 0.29) is 30.1 Å². The molecule has 11 heteroatoms. The standard InChI is InChI=1S/C29H46N4O7/c1-20(17-30-18-21(2)34)24(16-26(36)39-6)31-27(37)23-8-7-13-33(19-23)25(35)10-9-22-11-14-32(15-12-22)28(38)40-29(3,4)5/h17-18,22-24,34H,1,7-16,19H2,2-6H3,(H,31,37)/b21-18+,30-17-/t23-,24+/m1/s1. The second-order valence-corrected chi connectivity index (χ2v) is 11.6. The van der Waals surface area contributed by atoms with E-state index in [1.54, 1.807) is 9.80 Å². The molecule has 2 aliphatic rings. The summed E-state index contributed by atoms with van der Waals surface area (Å²) in [6.45, 7) is 13.1. The SMILES string of the molecule is C=C(/C=N\C=C(/C)O)[C@H](CC(=O)OC)NC(=O)[C@@H]1CCCN(C(=O)CCC2CCN(C(=O)OC(C)(C)C)CC2)C1. The van der Waals surface area contributed by atoms with E-state index in [2.05, 4.69) is 16.9 Å². The van der Waals surface area contributed by atoms with E-state index in [0.29, 0.717) is 56.9 Å². The summed E-state index contributed by atoms with van der Waals surface area (Å²) in [5.74, 6) is -0.769. The van der Waals surface area contributed by atoms with Crippen molar-refractivity contribution in [3.05, 3.63) is 24.1 Å². The molecule has 2 atom stereocenters. The fourth-order valence-corrected chi connectivity index (χ4v) is 4.78. The van der Waals surface area contributed by atoms with Gasteiger partial charge in [0.25, 0.3) is 0 Å². The molecule has 40 heavy (non-hydrogen) atoms. The summed E-state index contributed by atoms with van der Waals surface area (Å²) < 4.78 is 10.2. The van der Waals surface area contributed by atoms with Crippen molar-refractivity contribution < 1.29 is 33.8 Å². The number of carbonyl (C=O) groups excluding carboxylic acids is 4. The molecule has 2 saturated heterocycles. The van der Waals surface area contributed by atoms with Crippen LogP contribution in [0, 0.1) is 11.8 Å². The Morgan fingerprint density at radius 2 is 1.80 bits per heavy atom. The van der Waals surface area contributed by atoms with E-state index in [1.165, 1.54) is 26.4 Å².